The first-order valence-corrected chi connectivity index (χ1v) is 6.95. The molecule has 1 atom stereocenters. The Morgan fingerprint density at radius 3 is 2.95 bits per heavy atom. The van der Waals surface area contributed by atoms with Crippen LogP contribution in [0.4, 0.5) is 4.39 Å². The first-order chi connectivity index (χ1) is 10.2. The Kier molecular flexibility index (Phi) is 5.32. The van der Waals surface area contributed by atoms with Crippen LogP contribution in [0.2, 0.25) is 0 Å². The largest absolute Gasteiger partial charge is 0.396 e. The smallest absolute Gasteiger partial charge is 0.255 e. The molecule has 4 nitrogen and oxygen atoms in total. The van der Waals surface area contributed by atoms with Crippen LogP contribution in [0.5, 0.6) is 0 Å². The molecule has 0 radical (unpaired) electrons. The molecule has 5 heteroatoms. The van der Waals surface area contributed by atoms with E-state index in [0.29, 0.717) is 18.7 Å². The first-order valence-electron chi connectivity index (χ1n) is 6.95. The number of aliphatic hydroxyl groups is 2. The number of hydrogen-bond donors (Lipinski definition) is 2. The van der Waals surface area contributed by atoms with E-state index in [-0.39, 0.29) is 30.6 Å². The van der Waals surface area contributed by atoms with E-state index in [0.717, 1.165) is 12.8 Å². The van der Waals surface area contributed by atoms with E-state index in [2.05, 4.69) is 11.8 Å². The van der Waals surface area contributed by atoms with Gasteiger partial charge in [-0.25, -0.2) is 4.39 Å². The second-order valence-corrected chi connectivity index (χ2v) is 5.09. The SMILES string of the molecule is O=C(c1ccc(F)cc1C#CCO)N1CCCC(CO)C1. The van der Waals surface area contributed by atoms with Crippen LogP contribution in [0.15, 0.2) is 18.2 Å². The third-order valence-corrected chi connectivity index (χ3v) is 3.58. The molecule has 2 N–H and O–H groups in total. The van der Waals surface area contributed by atoms with E-state index in [4.69, 9.17) is 5.11 Å². The highest BCUT2D eigenvalue weighted by Crippen LogP contribution is 2.20. The lowest BCUT2D eigenvalue weighted by Crippen LogP contribution is -2.41. The first kappa shape index (κ1) is 15.5. The summed E-state index contributed by atoms with van der Waals surface area (Å²) in [6.07, 6.45) is 1.75. The predicted molar refractivity (Wildman–Crippen MR) is 76.1 cm³/mol. The molecule has 1 aromatic rings. The summed E-state index contributed by atoms with van der Waals surface area (Å²) in [4.78, 5) is 14.2. The van der Waals surface area contributed by atoms with Crippen LogP contribution in [0, 0.1) is 23.6 Å². The minimum absolute atomic E-state index is 0.0599. The second-order valence-electron chi connectivity index (χ2n) is 5.09. The van der Waals surface area contributed by atoms with Crippen molar-refractivity contribution in [3.63, 3.8) is 0 Å². The zero-order valence-electron chi connectivity index (χ0n) is 11.7. The number of nitrogens with zero attached hydrogens (tertiary/aromatic N) is 1. The standard InChI is InChI=1S/C16H18FNO3/c17-14-5-6-15(13(9-14)4-2-8-19)16(21)18-7-1-3-12(10-18)11-20/h5-6,9,12,19-20H,1,3,7-8,10-11H2. The number of carbonyl (C=O) groups is 1. The molecule has 1 aliphatic heterocycles. The fourth-order valence-electron chi connectivity index (χ4n) is 2.51. The number of carbonyl (C=O) groups excluding carboxylic acids is 1. The summed E-state index contributed by atoms with van der Waals surface area (Å²) in [6.45, 7) is 0.837. The van der Waals surface area contributed by atoms with E-state index in [1.165, 1.54) is 18.2 Å². The van der Waals surface area contributed by atoms with Gasteiger partial charge >= 0.3 is 0 Å². The van der Waals surface area contributed by atoms with Crippen molar-refractivity contribution in [3.8, 4) is 11.8 Å². The quantitative estimate of drug-likeness (QED) is 0.800. The van der Waals surface area contributed by atoms with Crippen LogP contribution in [0.3, 0.4) is 0 Å². The summed E-state index contributed by atoms with van der Waals surface area (Å²) < 4.78 is 13.3. The van der Waals surface area contributed by atoms with Gasteiger partial charge in [-0.2, -0.15) is 0 Å². The highest BCUT2D eigenvalue weighted by molar-refractivity contribution is 5.96. The van der Waals surface area contributed by atoms with Crippen LogP contribution in [0.25, 0.3) is 0 Å². The number of hydrogen-bond acceptors (Lipinski definition) is 3. The third-order valence-electron chi connectivity index (χ3n) is 3.58. The highest BCUT2D eigenvalue weighted by atomic mass is 19.1. The van der Waals surface area contributed by atoms with Gasteiger partial charge < -0.3 is 15.1 Å². The minimum Gasteiger partial charge on any atom is -0.396 e. The molecule has 1 amide bonds. The lowest BCUT2D eigenvalue weighted by molar-refractivity contribution is 0.0620. The van der Waals surface area contributed by atoms with Crippen molar-refractivity contribution in [1.82, 2.24) is 4.90 Å². The molecule has 0 saturated carbocycles. The molecule has 1 unspecified atom stereocenters. The molecule has 112 valence electrons. The van der Waals surface area contributed by atoms with Crippen LogP contribution in [-0.4, -0.2) is 47.3 Å². The average molecular weight is 291 g/mol. The molecule has 1 fully saturated rings. The van der Waals surface area contributed by atoms with Crippen molar-refractivity contribution < 1.29 is 19.4 Å². The Balaban J connectivity index is 2.26. The summed E-state index contributed by atoms with van der Waals surface area (Å²) in [5.74, 6) is 4.46. The Morgan fingerprint density at radius 1 is 1.43 bits per heavy atom. The number of piperidine rings is 1. The molecule has 21 heavy (non-hydrogen) atoms. The maximum Gasteiger partial charge on any atom is 0.255 e. The molecule has 0 aliphatic carbocycles. The summed E-state index contributed by atoms with van der Waals surface area (Å²) in [7, 11) is 0. The number of rotatable bonds is 2. The topological polar surface area (TPSA) is 60.8 Å². The van der Waals surface area contributed by atoms with E-state index in [9.17, 15) is 14.3 Å². The summed E-state index contributed by atoms with van der Waals surface area (Å²) >= 11 is 0. The molecule has 1 heterocycles. The lowest BCUT2D eigenvalue weighted by atomic mass is 9.97. The molecule has 0 bridgehead atoms. The van der Waals surface area contributed by atoms with Crippen LogP contribution in [-0.2, 0) is 0 Å². The Bertz CT molecular complexity index is 577. The van der Waals surface area contributed by atoms with Gasteiger partial charge in [-0.15, -0.1) is 0 Å². The minimum atomic E-state index is -0.472. The molecule has 1 saturated heterocycles. The third kappa shape index (κ3) is 3.81. The molecular formula is C16H18FNO3. The van der Waals surface area contributed by atoms with Gasteiger partial charge in [0.05, 0.1) is 5.56 Å². The van der Waals surface area contributed by atoms with Crippen LogP contribution in [0.1, 0.15) is 28.8 Å². The zero-order valence-corrected chi connectivity index (χ0v) is 11.7. The number of amides is 1. The van der Waals surface area contributed by atoms with Gasteiger partial charge in [0.25, 0.3) is 5.91 Å². The summed E-state index contributed by atoms with van der Waals surface area (Å²) in [6, 6.07) is 3.84. The summed E-state index contributed by atoms with van der Waals surface area (Å²) in [5.41, 5.74) is 0.608. The fourth-order valence-corrected chi connectivity index (χ4v) is 2.51. The monoisotopic (exact) mass is 291 g/mol. The van der Waals surface area contributed by atoms with Gasteiger partial charge in [0.2, 0.25) is 0 Å². The molecular weight excluding hydrogens is 273 g/mol. The van der Waals surface area contributed by atoms with Crippen molar-refractivity contribution in [2.75, 3.05) is 26.3 Å². The second kappa shape index (κ2) is 7.21. The maximum absolute atomic E-state index is 13.3. The van der Waals surface area contributed by atoms with Gasteiger partial charge in [0, 0.05) is 25.3 Å². The van der Waals surface area contributed by atoms with E-state index >= 15 is 0 Å². The summed E-state index contributed by atoms with van der Waals surface area (Å²) in [5, 5.41) is 18.0. The molecule has 1 aromatic carbocycles. The van der Waals surface area contributed by atoms with Crippen molar-refractivity contribution in [2.24, 2.45) is 5.92 Å². The van der Waals surface area contributed by atoms with Gasteiger partial charge in [-0.05, 0) is 37.0 Å². The van der Waals surface area contributed by atoms with Gasteiger partial charge in [0.1, 0.15) is 12.4 Å². The van der Waals surface area contributed by atoms with E-state index in [1.807, 2.05) is 0 Å². The van der Waals surface area contributed by atoms with E-state index < -0.39 is 5.82 Å². The normalized spacial score (nSPS) is 18.0. The Morgan fingerprint density at radius 2 is 2.24 bits per heavy atom. The molecule has 0 aromatic heterocycles. The molecule has 2 rings (SSSR count). The molecule has 0 spiro atoms. The Hall–Kier alpha value is -1.90. The molecule has 1 aliphatic rings. The average Bonchev–Trinajstić information content (AvgIpc) is 2.52. The number of likely N-dealkylation sites (tertiary alicyclic amines) is 1. The van der Waals surface area contributed by atoms with Crippen LogP contribution < -0.4 is 0 Å². The lowest BCUT2D eigenvalue weighted by Gasteiger charge is -2.32. The van der Waals surface area contributed by atoms with Crippen LogP contribution >= 0.6 is 0 Å². The van der Waals surface area contributed by atoms with Crippen molar-refractivity contribution in [3.05, 3.63) is 35.1 Å². The number of benzene rings is 1. The fraction of sp³-hybridized carbons (Fsp3) is 0.438. The number of aliphatic hydroxyl groups excluding tert-OH is 2. The van der Waals surface area contributed by atoms with Gasteiger partial charge in [-0.1, -0.05) is 11.8 Å². The van der Waals surface area contributed by atoms with Gasteiger partial charge in [0.15, 0.2) is 0 Å². The predicted octanol–water partition coefficient (Wildman–Crippen LogP) is 1.01. The number of halogens is 1. The Labute approximate surface area is 123 Å². The van der Waals surface area contributed by atoms with E-state index in [1.54, 1.807) is 4.90 Å². The maximum atomic E-state index is 13.3. The van der Waals surface area contributed by atoms with Crippen molar-refractivity contribution in [1.29, 1.82) is 0 Å². The van der Waals surface area contributed by atoms with Crippen molar-refractivity contribution in [2.45, 2.75) is 12.8 Å². The van der Waals surface area contributed by atoms with Crippen molar-refractivity contribution >= 4 is 5.91 Å². The zero-order chi connectivity index (χ0) is 15.2. The van der Waals surface area contributed by atoms with Gasteiger partial charge in [-0.3, -0.25) is 4.79 Å². The highest BCUT2D eigenvalue weighted by Gasteiger charge is 2.25.